The number of nitrogens with one attached hydrogen (secondary N) is 3. The Labute approximate surface area is 173 Å². The first kappa shape index (κ1) is 19.4. The average molecular weight is 425 g/mol. The van der Waals surface area contributed by atoms with E-state index in [1.807, 2.05) is 24.3 Å². The van der Waals surface area contributed by atoms with Gasteiger partial charge in [-0.1, -0.05) is 18.2 Å². The smallest absolute Gasteiger partial charge is 0.278 e. The minimum absolute atomic E-state index is 0.00466. The SMILES string of the molecule is O=c1[nH]cnc2c1nc(NN=Cc1c[nH]c3ccccc13)n2C1OC(CO)C(O)C1O. The molecule has 0 saturated carbocycles. The molecule has 1 aromatic carbocycles. The second-order valence-electron chi connectivity index (χ2n) is 7.10. The summed E-state index contributed by atoms with van der Waals surface area (Å²) in [4.78, 5) is 26.1. The molecule has 1 aliphatic heterocycles. The standard InChI is InChI=1S/C19H19N7O5/c27-7-12-14(28)15(29)18(31-12)26-16-13(17(30)22-8-21-16)24-19(26)25-23-6-9-5-20-11-4-2-1-3-10(9)11/h1-6,8,12,14-15,18,20,27-29H,7H2,(H,24,25)(H,21,22,30). The van der Waals surface area contributed by atoms with Crippen molar-refractivity contribution >= 4 is 34.2 Å². The molecule has 0 spiro atoms. The van der Waals surface area contributed by atoms with Gasteiger partial charge >= 0.3 is 0 Å². The first-order chi connectivity index (χ1) is 15.1. The van der Waals surface area contributed by atoms with Crippen LogP contribution in [0.5, 0.6) is 0 Å². The zero-order valence-electron chi connectivity index (χ0n) is 16.0. The second kappa shape index (κ2) is 7.59. The summed E-state index contributed by atoms with van der Waals surface area (Å²) in [6.07, 6.45) is -0.261. The maximum Gasteiger partial charge on any atom is 0.278 e. The minimum atomic E-state index is -1.38. The fourth-order valence-corrected chi connectivity index (χ4v) is 3.69. The van der Waals surface area contributed by atoms with E-state index < -0.39 is 36.7 Å². The molecule has 5 rings (SSSR count). The summed E-state index contributed by atoms with van der Waals surface area (Å²) >= 11 is 0. The number of aliphatic hydroxyl groups excluding tert-OH is 3. The van der Waals surface area contributed by atoms with Gasteiger partial charge in [-0.15, -0.1) is 0 Å². The number of nitrogens with zero attached hydrogens (tertiary/aromatic N) is 4. The van der Waals surface area contributed by atoms with Crippen molar-refractivity contribution in [3.8, 4) is 0 Å². The molecule has 1 saturated heterocycles. The number of rotatable bonds is 5. The lowest BCUT2D eigenvalue weighted by atomic mass is 10.1. The van der Waals surface area contributed by atoms with Crippen LogP contribution in [0.4, 0.5) is 5.95 Å². The van der Waals surface area contributed by atoms with Crippen LogP contribution in [0.25, 0.3) is 22.1 Å². The first-order valence-corrected chi connectivity index (χ1v) is 9.51. The quantitative estimate of drug-likeness (QED) is 0.186. The molecule has 3 aromatic heterocycles. The van der Waals surface area contributed by atoms with Crippen LogP contribution in [0.3, 0.4) is 0 Å². The van der Waals surface area contributed by atoms with Crippen molar-refractivity contribution in [1.82, 2.24) is 24.5 Å². The molecule has 160 valence electrons. The van der Waals surface area contributed by atoms with Crippen LogP contribution in [0.15, 0.2) is 46.7 Å². The molecule has 31 heavy (non-hydrogen) atoms. The highest BCUT2D eigenvalue weighted by Crippen LogP contribution is 2.33. The van der Waals surface area contributed by atoms with Gasteiger partial charge in [-0.2, -0.15) is 5.10 Å². The molecule has 4 unspecified atom stereocenters. The summed E-state index contributed by atoms with van der Waals surface area (Å²) < 4.78 is 6.94. The average Bonchev–Trinajstić information content (AvgIpc) is 3.44. The van der Waals surface area contributed by atoms with Crippen LogP contribution in [-0.2, 0) is 4.74 Å². The Bertz CT molecular complexity index is 1330. The number of benzene rings is 1. The van der Waals surface area contributed by atoms with Crippen LogP contribution in [0, 0.1) is 0 Å². The van der Waals surface area contributed by atoms with Gasteiger partial charge in [0.1, 0.15) is 18.3 Å². The fraction of sp³-hybridized carbons (Fsp3) is 0.263. The number of aliphatic hydroxyl groups is 3. The summed E-state index contributed by atoms with van der Waals surface area (Å²) in [5.41, 5.74) is 4.19. The van der Waals surface area contributed by atoms with Crippen molar-refractivity contribution in [3.63, 3.8) is 0 Å². The Kier molecular flexibility index (Phi) is 4.75. The van der Waals surface area contributed by atoms with E-state index in [1.165, 1.54) is 10.9 Å². The first-order valence-electron chi connectivity index (χ1n) is 9.51. The molecule has 0 aliphatic carbocycles. The van der Waals surface area contributed by atoms with Crippen LogP contribution in [0.1, 0.15) is 11.8 Å². The molecule has 6 N–H and O–H groups in total. The Morgan fingerprint density at radius 3 is 2.90 bits per heavy atom. The molecule has 1 aliphatic rings. The van der Waals surface area contributed by atoms with E-state index in [1.54, 1.807) is 12.4 Å². The summed E-state index contributed by atoms with van der Waals surface area (Å²) in [7, 11) is 0. The molecule has 4 aromatic rings. The lowest BCUT2D eigenvalue weighted by Crippen LogP contribution is -2.33. The highest BCUT2D eigenvalue weighted by molar-refractivity contribution is 5.99. The predicted octanol–water partition coefficient (Wildman–Crippen LogP) is -0.342. The summed E-state index contributed by atoms with van der Waals surface area (Å²) in [6, 6.07) is 7.73. The number of imidazole rings is 1. The summed E-state index contributed by atoms with van der Waals surface area (Å²) in [6.45, 7) is -0.489. The highest BCUT2D eigenvalue weighted by atomic mass is 16.6. The second-order valence-corrected chi connectivity index (χ2v) is 7.10. The monoisotopic (exact) mass is 425 g/mol. The summed E-state index contributed by atoms with van der Waals surface area (Å²) in [5, 5.41) is 35.2. The van der Waals surface area contributed by atoms with Crippen LogP contribution < -0.4 is 11.0 Å². The molecular weight excluding hydrogens is 406 g/mol. The highest BCUT2D eigenvalue weighted by Gasteiger charge is 2.45. The van der Waals surface area contributed by atoms with Gasteiger partial charge in [0.15, 0.2) is 17.4 Å². The lowest BCUT2D eigenvalue weighted by Gasteiger charge is -2.18. The van der Waals surface area contributed by atoms with Crippen molar-refractivity contribution in [2.45, 2.75) is 24.5 Å². The Morgan fingerprint density at radius 2 is 2.10 bits per heavy atom. The Hall–Kier alpha value is -3.58. The maximum absolute atomic E-state index is 12.2. The molecule has 0 bridgehead atoms. The predicted molar refractivity (Wildman–Crippen MR) is 111 cm³/mol. The van der Waals surface area contributed by atoms with E-state index in [-0.39, 0.29) is 17.1 Å². The molecule has 12 heteroatoms. The number of hydrogen-bond donors (Lipinski definition) is 6. The van der Waals surface area contributed by atoms with E-state index in [2.05, 4.69) is 30.5 Å². The van der Waals surface area contributed by atoms with Crippen LogP contribution in [0.2, 0.25) is 0 Å². The van der Waals surface area contributed by atoms with Gasteiger partial charge in [0.25, 0.3) is 5.56 Å². The van der Waals surface area contributed by atoms with Gasteiger partial charge in [-0.25, -0.2) is 15.4 Å². The largest absolute Gasteiger partial charge is 0.394 e. The molecule has 0 amide bonds. The Morgan fingerprint density at radius 1 is 1.26 bits per heavy atom. The third-order valence-electron chi connectivity index (χ3n) is 5.24. The van der Waals surface area contributed by atoms with Crippen molar-refractivity contribution < 1.29 is 20.1 Å². The van der Waals surface area contributed by atoms with Gasteiger partial charge in [0, 0.05) is 22.7 Å². The number of fused-ring (bicyclic) bond motifs is 2. The normalized spacial score (nSPS) is 24.0. The van der Waals surface area contributed by atoms with Crippen LogP contribution in [-0.4, -0.2) is 71.0 Å². The topological polar surface area (TPSA) is 174 Å². The third kappa shape index (κ3) is 3.18. The van der Waals surface area contributed by atoms with Gasteiger partial charge in [0.05, 0.1) is 19.1 Å². The maximum atomic E-state index is 12.2. The molecule has 12 nitrogen and oxygen atoms in total. The van der Waals surface area contributed by atoms with E-state index >= 15 is 0 Å². The molecule has 1 fully saturated rings. The molecule has 4 atom stereocenters. The third-order valence-corrected chi connectivity index (χ3v) is 5.24. The number of hydrazone groups is 1. The zero-order chi connectivity index (χ0) is 21.5. The molecule has 0 radical (unpaired) electrons. The molecular formula is C19H19N7O5. The number of anilines is 1. The van der Waals surface area contributed by atoms with Gasteiger partial charge in [0.2, 0.25) is 5.95 Å². The fourth-order valence-electron chi connectivity index (χ4n) is 3.69. The van der Waals surface area contributed by atoms with E-state index in [4.69, 9.17) is 4.74 Å². The lowest BCUT2D eigenvalue weighted by molar-refractivity contribution is -0.0501. The van der Waals surface area contributed by atoms with E-state index in [9.17, 15) is 20.1 Å². The number of aromatic nitrogens is 5. The number of hydrogen-bond acceptors (Lipinski definition) is 9. The van der Waals surface area contributed by atoms with Gasteiger partial charge in [-0.3, -0.25) is 9.36 Å². The van der Waals surface area contributed by atoms with Gasteiger partial charge < -0.3 is 30.0 Å². The van der Waals surface area contributed by atoms with Crippen molar-refractivity contribution in [2.75, 3.05) is 12.0 Å². The zero-order valence-corrected chi connectivity index (χ0v) is 16.0. The van der Waals surface area contributed by atoms with E-state index in [0.717, 1.165) is 16.5 Å². The number of H-pyrrole nitrogens is 2. The van der Waals surface area contributed by atoms with Crippen molar-refractivity contribution in [1.29, 1.82) is 0 Å². The number of para-hydroxylation sites is 1. The number of ether oxygens (including phenoxy) is 1. The molecule has 4 heterocycles. The van der Waals surface area contributed by atoms with E-state index in [0.29, 0.717) is 0 Å². The van der Waals surface area contributed by atoms with Crippen molar-refractivity contribution in [3.05, 3.63) is 52.7 Å². The minimum Gasteiger partial charge on any atom is -0.394 e. The van der Waals surface area contributed by atoms with Gasteiger partial charge in [-0.05, 0) is 6.07 Å². The summed E-state index contributed by atoms with van der Waals surface area (Å²) in [5.74, 6) is 0.0742. The van der Waals surface area contributed by atoms with Crippen molar-refractivity contribution in [2.24, 2.45) is 5.10 Å². The Balaban J connectivity index is 1.53. The number of aromatic amines is 2. The van der Waals surface area contributed by atoms with Crippen LogP contribution >= 0.6 is 0 Å².